The molecule has 1 aromatic carbocycles. The van der Waals surface area contributed by atoms with Crippen molar-refractivity contribution in [3.63, 3.8) is 0 Å². The Hall–Kier alpha value is -3.31. The number of nitrogens with zero attached hydrogens (tertiary/aromatic N) is 4. The zero-order valence-corrected chi connectivity index (χ0v) is 28.7. The molecule has 1 unspecified atom stereocenters. The smallest absolute Gasteiger partial charge is 0.234 e. The van der Waals surface area contributed by atoms with Gasteiger partial charge < -0.3 is 25.3 Å². The monoisotopic (exact) mass is 629 g/mol. The van der Waals surface area contributed by atoms with Crippen molar-refractivity contribution in [3.05, 3.63) is 66.5 Å². The van der Waals surface area contributed by atoms with Crippen molar-refractivity contribution in [2.45, 2.75) is 70.8 Å². The molecule has 1 amide bonds. The highest BCUT2D eigenvalue weighted by Crippen LogP contribution is 2.37. The molecule has 3 N–H and O–H groups in total. The Bertz CT molecular complexity index is 1400. The fraction of sp³-hybridized carbons (Fsp3) is 0.514. The lowest BCUT2D eigenvalue weighted by atomic mass is 10.1. The Morgan fingerprint density at radius 2 is 1.87 bits per heavy atom. The van der Waals surface area contributed by atoms with Crippen LogP contribution in [-0.4, -0.2) is 80.9 Å². The molecule has 0 spiro atoms. The molecule has 0 aliphatic carbocycles. The first-order valence-electron chi connectivity index (χ1n) is 16.5. The van der Waals surface area contributed by atoms with Gasteiger partial charge in [-0.15, -0.1) is 0 Å². The number of anilines is 3. The highest BCUT2D eigenvalue weighted by molar-refractivity contribution is 6.74. The molecule has 0 saturated carbocycles. The average molecular weight is 630 g/mol. The summed E-state index contributed by atoms with van der Waals surface area (Å²) < 4.78 is 6.43. The minimum absolute atomic E-state index is 0.124. The standard InChI is InChI=1S/C35H51N7O2Si/c1-35(2,3)45(4,5)44-26-27-8-6-9-30(22-27)40-32-23-28(13-15-37-32)29-11-12-33(39-24-29)42-19-7-10-31(42)14-16-38-34(43)25-41-20-17-36-18-21-41/h6,8-9,11-13,15,22-24,31,36H,7,10,14,16-21,25-26H2,1-5H3,(H,37,40)(H,38,43). The molecule has 2 saturated heterocycles. The molecule has 2 fully saturated rings. The molecule has 3 aromatic rings. The number of carbonyl (C=O) groups is 1. The second kappa shape index (κ2) is 14.9. The van der Waals surface area contributed by atoms with E-state index in [0.29, 0.717) is 25.7 Å². The second-order valence-corrected chi connectivity index (χ2v) is 18.7. The van der Waals surface area contributed by atoms with Crippen LogP contribution in [0.1, 0.15) is 45.6 Å². The maximum absolute atomic E-state index is 12.4. The molecule has 4 heterocycles. The van der Waals surface area contributed by atoms with Crippen molar-refractivity contribution in [2.24, 2.45) is 0 Å². The van der Waals surface area contributed by atoms with Gasteiger partial charge in [-0.3, -0.25) is 9.69 Å². The Morgan fingerprint density at radius 3 is 2.62 bits per heavy atom. The molecule has 0 bridgehead atoms. The Kier molecular flexibility index (Phi) is 10.9. The quantitative estimate of drug-likeness (QED) is 0.217. The van der Waals surface area contributed by atoms with Crippen LogP contribution >= 0.6 is 0 Å². The first-order chi connectivity index (χ1) is 21.6. The third kappa shape index (κ3) is 9.13. The summed E-state index contributed by atoms with van der Waals surface area (Å²) in [5.74, 6) is 1.91. The van der Waals surface area contributed by atoms with Gasteiger partial charge in [0, 0.05) is 69.0 Å². The van der Waals surface area contributed by atoms with Crippen LogP contribution in [0.2, 0.25) is 18.1 Å². The largest absolute Gasteiger partial charge is 0.413 e. The van der Waals surface area contributed by atoms with Crippen LogP contribution in [0, 0.1) is 0 Å². The first kappa shape index (κ1) is 33.1. The topological polar surface area (TPSA) is 94.7 Å². The number of nitrogens with one attached hydrogen (secondary N) is 3. The maximum atomic E-state index is 12.4. The lowest BCUT2D eigenvalue weighted by molar-refractivity contribution is -0.122. The fourth-order valence-electron chi connectivity index (χ4n) is 5.72. The van der Waals surface area contributed by atoms with Gasteiger partial charge in [-0.05, 0) is 84.9 Å². The number of piperazine rings is 1. The normalized spacial score (nSPS) is 17.8. The fourth-order valence-corrected chi connectivity index (χ4v) is 6.68. The van der Waals surface area contributed by atoms with Crippen LogP contribution in [0.15, 0.2) is 60.9 Å². The zero-order valence-electron chi connectivity index (χ0n) is 27.7. The molecule has 9 nitrogen and oxygen atoms in total. The van der Waals surface area contributed by atoms with Gasteiger partial charge in [0.05, 0.1) is 13.2 Å². The number of amides is 1. The molecule has 45 heavy (non-hydrogen) atoms. The Morgan fingerprint density at radius 1 is 1.04 bits per heavy atom. The van der Waals surface area contributed by atoms with Crippen molar-refractivity contribution in [1.29, 1.82) is 0 Å². The second-order valence-electron chi connectivity index (χ2n) is 13.9. The number of pyridine rings is 2. The Labute approximate surface area is 270 Å². The Balaban J connectivity index is 1.15. The third-order valence-electron chi connectivity index (χ3n) is 9.49. The van der Waals surface area contributed by atoms with E-state index in [1.807, 2.05) is 18.5 Å². The van der Waals surface area contributed by atoms with E-state index in [9.17, 15) is 4.79 Å². The van der Waals surface area contributed by atoms with E-state index >= 15 is 0 Å². The number of hydrogen-bond acceptors (Lipinski definition) is 8. The summed E-state index contributed by atoms with van der Waals surface area (Å²) >= 11 is 0. The van der Waals surface area contributed by atoms with Crippen molar-refractivity contribution in [2.75, 3.05) is 56.0 Å². The van der Waals surface area contributed by atoms with Crippen LogP contribution in [0.5, 0.6) is 0 Å². The highest BCUT2D eigenvalue weighted by Gasteiger charge is 2.37. The number of benzene rings is 1. The van der Waals surface area contributed by atoms with Crippen LogP contribution in [0.25, 0.3) is 11.1 Å². The molecule has 242 valence electrons. The van der Waals surface area contributed by atoms with Gasteiger partial charge in [0.1, 0.15) is 11.6 Å². The van der Waals surface area contributed by atoms with Crippen LogP contribution < -0.4 is 20.9 Å². The predicted octanol–water partition coefficient (Wildman–Crippen LogP) is 5.79. The van der Waals surface area contributed by atoms with Gasteiger partial charge >= 0.3 is 0 Å². The van der Waals surface area contributed by atoms with Crippen LogP contribution in [0.3, 0.4) is 0 Å². The molecule has 2 aliphatic heterocycles. The molecular formula is C35H51N7O2Si. The SMILES string of the molecule is CC(C)(C)[Si](C)(C)OCc1cccc(Nc2cc(-c3ccc(N4CCCC4CCNC(=O)CN4CCNCC4)nc3)ccn2)c1. The number of carbonyl (C=O) groups excluding carboxylic acids is 1. The van der Waals surface area contributed by atoms with Gasteiger partial charge in [-0.1, -0.05) is 32.9 Å². The van der Waals surface area contributed by atoms with E-state index in [1.165, 1.54) is 0 Å². The van der Waals surface area contributed by atoms with E-state index in [1.54, 1.807) is 0 Å². The van der Waals surface area contributed by atoms with Gasteiger partial charge in [-0.2, -0.15) is 0 Å². The lowest BCUT2D eigenvalue weighted by Gasteiger charge is -2.36. The van der Waals surface area contributed by atoms with Crippen LogP contribution in [-0.2, 0) is 15.8 Å². The minimum Gasteiger partial charge on any atom is -0.413 e. The summed E-state index contributed by atoms with van der Waals surface area (Å²) in [5.41, 5.74) is 4.26. The van der Waals surface area contributed by atoms with E-state index < -0.39 is 8.32 Å². The molecule has 0 radical (unpaired) electrons. The summed E-state index contributed by atoms with van der Waals surface area (Å²) in [6, 6.07) is 17.1. The molecular weight excluding hydrogens is 579 g/mol. The summed E-state index contributed by atoms with van der Waals surface area (Å²) in [6.45, 7) is 17.9. The molecule has 2 aromatic heterocycles. The highest BCUT2D eigenvalue weighted by atomic mass is 28.4. The lowest BCUT2D eigenvalue weighted by Crippen LogP contribution is -2.47. The summed E-state index contributed by atoms with van der Waals surface area (Å²) in [6.07, 6.45) is 6.99. The van der Waals surface area contributed by atoms with Crippen molar-refractivity contribution < 1.29 is 9.22 Å². The van der Waals surface area contributed by atoms with Crippen molar-refractivity contribution in [3.8, 4) is 11.1 Å². The number of hydrogen-bond donors (Lipinski definition) is 3. The number of aromatic nitrogens is 2. The minimum atomic E-state index is -1.82. The van der Waals surface area contributed by atoms with Gasteiger partial charge in [0.25, 0.3) is 0 Å². The van der Waals surface area contributed by atoms with E-state index in [-0.39, 0.29) is 10.9 Å². The van der Waals surface area contributed by atoms with Gasteiger partial charge in [0.2, 0.25) is 5.91 Å². The molecule has 5 rings (SSSR count). The van der Waals surface area contributed by atoms with Crippen molar-refractivity contribution in [1.82, 2.24) is 25.5 Å². The summed E-state index contributed by atoms with van der Waals surface area (Å²) in [5, 5.41) is 10.1. The van der Waals surface area contributed by atoms with Gasteiger partial charge in [-0.25, -0.2) is 9.97 Å². The molecule has 1 atom stereocenters. The van der Waals surface area contributed by atoms with E-state index in [0.717, 1.165) is 86.0 Å². The van der Waals surface area contributed by atoms with E-state index in [4.69, 9.17) is 9.41 Å². The first-order valence-corrected chi connectivity index (χ1v) is 19.4. The summed E-state index contributed by atoms with van der Waals surface area (Å²) in [7, 11) is -1.82. The zero-order chi connectivity index (χ0) is 31.9. The third-order valence-corrected chi connectivity index (χ3v) is 14.0. The van der Waals surface area contributed by atoms with Crippen molar-refractivity contribution >= 4 is 31.5 Å². The predicted molar refractivity (Wildman–Crippen MR) is 186 cm³/mol. The molecule has 10 heteroatoms. The van der Waals surface area contributed by atoms with E-state index in [2.05, 4.69) is 107 Å². The maximum Gasteiger partial charge on any atom is 0.234 e. The van der Waals surface area contributed by atoms with Gasteiger partial charge in [0.15, 0.2) is 8.32 Å². The van der Waals surface area contributed by atoms with Crippen LogP contribution in [0.4, 0.5) is 17.3 Å². The summed E-state index contributed by atoms with van der Waals surface area (Å²) in [4.78, 5) is 26.5. The number of rotatable bonds is 12. The molecule has 2 aliphatic rings. The average Bonchev–Trinajstić information content (AvgIpc) is 3.49.